The molecule has 2 aliphatic rings. The third-order valence-electron chi connectivity index (χ3n) is 4.36. The number of amidine groups is 1. The van der Waals surface area contributed by atoms with Crippen molar-refractivity contribution in [2.45, 2.75) is 46.0 Å². The number of carbonyl (C=O) groups is 1. The fourth-order valence-electron chi connectivity index (χ4n) is 3.18. The number of rotatable bonds is 6. The number of oxime groups is 1. The number of hydrogen-bond donors (Lipinski definition) is 2. The topological polar surface area (TPSA) is 78.9 Å². The summed E-state index contributed by atoms with van der Waals surface area (Å²) >= 11 is 0. The molecule has 5 heteroatoms. The van der Waals surface area contributed by atoms with Crippen molar-refractivity contribution in [3.8, 4) is 0 Å². The van der Waals surface area contributed by atoms with Crippen LogP contribution in [0.25, 0.3) is 0 Å². The van der Waals surface area contributed by atoms with Crippen LogP contribution < -0.4 is 5.73 Å². The van der Waals surface area contributed by atoms with E-state index in [4.69, 9.17) is 10.9 Å². The van der Waals surface area contributed by atoms with Crippen LogP contribution in [0.15, 0.2) is 5.16 Å². The Morgan fingerprint density at radius 1 is 1.47 bits per heavy atom. The van der Waals surface area contributed by atoms with Crippen molar-refractivity contribution in [3.05, 3.63) is 0 Å². The molecule has 5 nitrogen and oxygen atoms in total. The minimum Gasteiger partial charge on any atom is -0.409 e. The molecule has 0 aromatic rings. The van der Waals surface area contributed by atoms with Gasteiger partial charge in [-0.3, -0.25) is 4.79 Å². The smallest absolute Gasteiger partial charge is 0.236 e. The Kier molecular flexibility index (Phi) is 4.02. The Balaban J connectivity index is 2.12. The van der Waals surface area contributed by atoms with Crippen LogP contribution in [0.1, 0.15) is 46.0 Å². The normalized spacial score (nSPS) is 30.8. The number of nitrogens with two attached hydrogens (primary N) is 1. The highest BCUT2D eigenvalue weighted by molar-refractivity contribution is 6.07. The van der Waals surface area contributed by atoms with E-state index in [0.29, 0.717) is 24.7 Å². The summed E-state index contributed by atoms with van der Waals surface area (Å²) < 4.78 is 0. The molecule has 0 unspecified atom stereocenters. The monoisotopic (exact) mass is 267 g/mol. The van der Waals surface area contributed by atoms with Crippen molar-refractivity contribution < 1.29 is 10.0 Å². The summed E-state index contributed by atoms with van der Waals surface area (Å²) in [6.07, 6.45) is 4.79. The lowest BCUT2D eigenvalue weighted by Crippen LogP contribution is -2.58. The van der Waals surface area contributed by atoms with Gasteiger partial charge in [0.1, 0.15) is 5.41 Å². The van der Waals surface area contributed by atoms with Gasteiger partial charge in [0.05, 0.1) is 0 Å². The molecule has 3 N–H and O–H groups in total. The average molecular weight is 267 g/mol. The summed E-state index contributed by atoms with van der Waals surface area (Å²) in [5.41, 5.74) is 5.07. The van der Waals surface area contributed by atoms with Gasteiger partial charge in [-0.2, -0.15) is 0 Å². The molecule has 0 radical (unpaired) electrons. The van der Waals surface area contributed by atoms with Gasteiger partial charge >= 0.3 is 0 Å². The van der Waals surface area contributed by atoms with Crippen LogP contribution in [0.4, 0.5) is 0 Å². The second-order valence-electron chi connectivity index (χ2n) is 6.28. The molecule has 2 rings (SSSR count). The van der Waals surface area contributed by atoms with Gasteiger partial charge in [-0.15, -0.1) is 0 Å². The predicted octanol–water partition coefficient (Wildman–Crippen LogP) is 1.80. The minimum absolute atomic E-state index is 0.0645. The van der Waals surface area contributed by atoms with Crippen LogP contribution in [0.5, 0.6) is 0 Å². The van der Waals surface area contributed by atoms with Gasteiger partial charge in [-0.25, -0.2) is 0 Å². The molecular formula is C14H25N3O2. The highest BCUT2D eigenvalue weighted by atomic mass is 16.4. The molecule has 2 fully saturated rings. The quantitative estimate of drug-likeness (QED) is 0.333. The Hall–Kier alpha value is -1.26. The zero-order valence-corrected chi connectivity index (χ0v) is 11.9. The summed E-state index contributed by atoms with van der Waals surface area (Å²) in [6, 6.07) is 0. The molecule has 0 bridgehead atoms. The van der Waals surface area contributed by atoms with Gasteiger partial charge in [0.2, 0.25) is 5.91 Å². The first-order valence-corrected chi connectivity index (χ1v) is 7.31. The van der Waals surface area contributed by atoms with Crippen molar-refractivity contribution in [2.24, 2.45) is 28.1 Å². The van der Waals surface area contributed by atoms with Crippen LogP contribution in [-0.2, 0) is 4.79 Å². The lowest BCUT2D eigenvalue weighted by molar-refractivity contribution is -0.144. The molecule has 0 aromatic heterocycles. The SMILES string of the molecule is CCCN(CC1CC1)C(=O)C1(C(N)=NO)CC(C)C1. The molecule has 1 amide bonds. The van der Waals surface area contributed by atoms with E-state index in [-0.39, 0.29) is 11.7 Å². The van der Waals surface area contributed by atoms with E-state index in [0.717, 1.165) is 19.5 Å². The fraction of sp³-hybridized carbons (Fsp3) is 0.857. The van der Waals surface area contributed by atoms with Gasteiger partial charge in [-0.1, -0.05) is 19.0 Å². The van der Waals surface area contributed by atoms with E-state index >= 15 is 0 Å². The summed E-state index contributed by atoms with van der Waals surface area (Å²) in [4.78, 5) is 14.7. The lowest BCUT2D eigenvalue weighted by Gasteiger charge is -2.46. The van der Waals surface area contributed by atoms with Gasteiger partial charge in [0.15, 0.2) is 5.84 Å². The maximum Gasteiger partial charge on any atom is 0.236 e. The van der Waals surface area contributed by atoms with Gasteiger partial charge < -0.3 is 15.8 Å². The highest BCUT2D eigenvalue weighted by Crippen LogP contribution is 2.47. The van der Waals surface area contributed by atoms with Crippen molar-refractivity contribution in [3.63, 3.8) is 0 Å². The molecule has 2 saturated carbocycles. The van der Waals surface area contributed by atoms with Crippen LogP contribution in [0.3, 0.4) is 0 Å². The average Bonchev–Trinajstić information content (AvgIpc) is 3.16. The van der Waals surface area contributed by atoms with E-state index in [1.54, 1.807) is 0 Å². The molecular weight excluding hydrogens is 242 g/mol. The maximum atomic E-state index is 12.8. The molecule has 0 spiro atoms. The summed E-state index contributed by atoms with van der Waals surface area (Å²) in [5, 5.41) is 12.1. The number of hydrogen-bond acceptors (Lipinski definition) is 3. The number of carbonyl (C=O) groups excluding carboxylic acids is 1. The Morgan fingerprint density at radius 3 is 2.53 bits per heavy atom. The molecule has 0 saturated heterocycles. The van der Waals surface area contributed by atoms with Crippen molar-refractivity contribution in [1.29, 1.82) is 0 Å². The van der Waals surface area contributed by atoms with E-state index in [1.807, 2.05) is 4.90 Å². The largest absolute Gasteiger partial charge is 0.409 e. The molecule has 108 valence electrons. The number of nitrogens with zero attached hydrogens (tertiary/aromatic N) is 2. The fourth-order valence-corrected chi connectivity index (χ4v) is 3.18. The molecule has 0 atom stereocenters. The van der Waals surface area contributed by atoms with Crippen molar-refractivity contribution >= 4 is 11.7 Å². The van der Waals surface area contributed by atoms with Crippen molar-refractivity contribution in [1.82, 2.24) is 4.90 Å². The Bertz CT molecular complexity index is 371. The third kappa shape index (κ3) is 2.69. The first-order chi connectivity index (χ1) is 9.03. The van der Waals surface area contributed by atoms with Gasteiger partial charge in [0.25, 0.3) is 0 Å². The van der Waals surface area contributed by atoms with Crippen molar-refractivity contribution in [2.75, 3.05) is 13.1 Å². The van der Waals surface area contributed by atoms with E-state index in [9.17, 15) is 4.79 Å². The molecule has 19 heavy (non-hydrogen) atoms. The van der Waals surface area contributed by atoms with Gasteiger partial charge in [-0.05, 0) is 43.9 Å². The molecule has 0 aliphatic heterocycles. The number of amides is 1. The van der Waals surface area contributed by atoms with E-state index in [1.165, 1.54) is 12.8 Å². The second kappa shape index (κ2) is 5.39. The Morgan fingerprint density at radius 2 is 2.11 bits per heavy atom. The first kappa shape index (κ1) is 14.2. The Labute approximate surface area is 114 Å². The lowest BCUT2D eigenvalue weighted by atomic mass is 9.61. The second-order valence-corrected chi connectivity index (χ2v) is 6.28. The van der Waals surface area contributed by atoms with E-state index in [2.05, 4.69) is 19.0 Å². The van der Waals surface area contributed by atoms with Crippen LogP contribution >= 0.6 is 0 Å². The molecule has 0 aromatic carbocycles. The maximum absolute atomic E-state index is 12.8. The predicted molar refractivity (Wildman–Crippen MR) is 73.8 cm³/mol. The summed E-state index contributed by atoms with van der Waals surface area (Å²) in [7, 11) is 0. The molecule has 0 heterocycles. The van der Waals surface area contributed by atoms with Crippen LogP contribution in [-0.4, -0.2) is 34.9 Å². The zero-order valence-electron chi connectivity index (χ0n) is 11.9. The first-order valence-electron chi connectivity index (χ1n) is 7.31. The highest BCUT2D eigenvalue weighted by Gasteiger charge is 2.53. The van der Waals surface area contributed by atoms with E-state index < -0.39 is 5.41 Å². The zero-order chi connectivity index (χ0) is 14.0. The standard InChI is InChI=1S/C14H25N3O2/c1-3-6-17(9-11-4-5-11)13(18)14(12(15)16-19)7-10(2)8-14/h10-11,19H,3-9H2,1-2H3,(H2,15,16). The third-order valence-corrected chi connectivity index (χ3v) is 4.36. The van der Waals surface area contributed by atoms with Gasteiger partial charge in [0, 0.05) is 13.1 Å². The minimum atomic E-state index is -0.738. The van der Waals surface area contributed by atoms with Crippen LogP contribution in [0.2, 0.25) is 0 Å². The van der Waals surface area contributed by atoms with Crippen LogP contribution in [0, 0.1) is 17.3 Å². The summed E-state index contributed by atoms with van der Waals surface area (Å²) in [5.74, 6) is 1.29. The molecule has 2 aliphatic carbocycles. The summed E-state index contributed by atoms with van der Waals surface area (Å²) in [6.45, 7) is 5.78.